The van der Waals surface area contributed by atoms with Gasteiger partial charge in [0.25, 0.3) is 5.91 Å². The molecule has 2 aromatic heterocycles. The summed E-state index contributed by atoms with van der Waals surface area (Å²) in [4.78, 5) is 32.2. The summed E-state index contributed by atoms with van der Waals surface area (Å²) in [7, 11) is 0. The van der Waals surface area contributed by atoms with E-state index in [2.05, 4.69) is 15.3 Å². The number of benzene rings is 1. The van der Waals surface area contributed by atoms with Crippen molar-refractivity contribution >= 4 is 34.2 Å². The van der Waals surface area contributed by atoms with Crippen LogP contribution in [0, 0.1) is 0 Å². The first kappa shape index (κ1) is 19.5. The number of anilines is 2. The first-order valence-corrected chi connectivity index (χ1v) is 10.9. The Kier molecular flexibility index (Phi) is 4.84. The van der Waals surface area contributed by atoms with E-state index in [1.807, 2.05) is 23.7 Å². The van der Waals surface area contributed by atoms with E-state index < -0.39 is 5.91 Å². The molecule has 1 aromatic carbocycles. The zero-order chi connectivity index (χ0) is 21.5. The molecule has 3 heterocycles. The second-order valence-electron chi connectivity index (χ2n) is 8.31. The standard InChI is InChI=1S/C23H26N6O2/c1-2-29-22-17(13-25-29)16(12-18(26-22)14-5-6-14)23(31)27-19-11-15(21(24)30)7-8-20(19)28-9-3-4-10-28/h7-8,11-14H,2-6,9-10H2,1H3,(H2,24,30)(H,27,31). The highest BCUT2D eigenvalue weighted by atomic mass is 16.2. The van der Waals surface area contributed by atoms with Crippen molar-refractivity contribution in [3.8, 4) is 0 Å². The minimum absolute atomic E-state index is 0.230. The Balaban J connectivity index is 1.55. The van der Waals surface area contributed by atoms with Gasteiger partial charge in [0.15, 0.2) is 5.65 Å². The molecule has 160 valence electrons. The van der Waals surface area contributed by atoms with Gasteiger partial charge in [0, 0.05) is 36.8 Å². The van der Waals surface area contributed by atoms with Gasteiger partial charge in [-0.3, -0.25) is 9.59 Å². The van der Waals surface area contributed by atoms with Crippen LogP contribution in [0.2, 0.25) is 0 Å². The van der Waals surface area contributed by atoms with Crippen molar-refractivity contribution in [2.45, 2.75) is 45.1 Å². The van der Waals surface area contributed by atoms with Gasteiger partial charge in [0.2, 0.25) is 5.91 Å². The van der Waals surface area contributed by atoms with Crippen molar-refractivity contribution in [3.63, 3.8) is 0 Å². The number of aryl methyl sites for hydroxylation is 1. The summed E-state index contributed by atoms with van der Waals surface area (Å²) in [6.45, 7) is 4.54. The fraction of sp³-hybridized carbons (Fsp3) is 0.391. The molecule has 1 aliphatic carbocycles. The number of pyridine rings is 1. The summed E-state index contributed by atoms with van der Waals surface area (Å²) in [5.74, 6) is -0.337. The average Bonchev–Trinajstić information content (AvgIpc) is 3.31. The Bertz CT molecular complexity index is 1170. The van der Waals surface area contributed by atoms with Gasteiger partial charge < -0.3 is 16.0 Å². The van der Waals surface area contributed by atoms with Crippen molar-refractivity contribution < 1.29 is 9.59 Å². The molecular weight excluding hydrogens is 392 g/mol. The van der Waals surface area contributed by atoms with E-state index in [-0.39, 0.29) is 5.91 Å². The minimum Gasteiger partial charge on any atom is -0.370 e. The number of primary amides is 1. The van der Waals surface area contributed by atoms with Crippen molar-refractivity contribution in [2.24, 2.45) is 5.73 Å². The molecule has 3 aromatic rings. The van der Waals surface area contributed by atoms with Crippen molar-refractivity contribution in [1.82, 2.24) is 14.8 Å². The van der Waals surface area contributed by atoms with Gasteiger partial charge >= 0.3 is 0 Å². The van der Waals surface area contributed by atoms with Crippen molar-refractivity contribution in [3.05, 3.63) is 47.3 Å². The highest BCUT2D eigenvalue weighted by molar-refractivity contribution is 6.13. The number of hydrogen-bond donors (Lipinski definition) is 2. The SMILES string of the molecule is CCn1ncc2c(C(=O)Nc3cc(C(N)=O)ccc3N3CCCC3)cc(C3CC3)nc21. The first-order valence-electron chi connectivity index (χ1n) is 10.9. The number of aromatic nitrogens is 3. The lowest BCUT2D eigenvalue weighted by molar-refractivity contribution is 0.0996. The molecular formula is C23H26N6O2. The minimum atomic E-state index is -0.519. The second kappa shape index (κ2) is 7.68. The van der Waals surface area contributed by atoms with Crippen LogP contribution in [0.1, 0.15) is 64.9 Å². The molecule has 0 spiro atoms. The number of carbonyl (C=O) groups excluding carboxylic acids is 2. The Morgan fingerprint density at radius 1 is 1.19 bits per heavy atom. The number of amides is 2. The molecule has 5 rings (SSSR count). The predicted octanol–water partition coefficient (Wildman–Crippen LogP) is 3.28. The Hall–Kier alpha value is -3.42. The van der Waals surface area contributed by atoms with E-state index in [1.54, 1.807) is 18.3 Å². The monoisotopic (exact) mass is 418 g/mol. The summed E-state index contributed by atoms with van der Waals surface area (Å²) in [5, 5.41) is 8.19. The Morgan fingerprint density at radius 2 is 1.97 bits per heavy atom. The average molecular weight is 419 g/mol. The third kappa shape index (κ3) is 3.62. The quantitative estimate of drug-likeness (QED) is 0.639. The van der Waals surface area contributed by atoms with Crippen LogP contribution in [0.3, 0.4) is 0 Å². The fourth-order valence-corrected chi connectivity index (χ4v) is 4.29. The molecule has 0 radical (unpaired) electrons. The van der Waals surface area contributed by atoms with Gasteiger partial charge in [-0.15, -0.1) is 0 Å². The van der Waals surface area contributed by atoms with Gasteiger partial charge in [-0.25, -0.2) is 9.67 Å². The topological polar surface area (TPSA) is 106 Å². The lowest BCUT2D eigenvalue weighted by Gasteiger charge is -2.22. The van der Waals surface area contributed by atoms with Crippen LogP contribution in [-0.4, -0.2) is 39.7 Å². The molecule has 2 fully saturated rings. The zero-order valence-electron chi connectivity index (χ0n) is 17.6. The molecule has 8 nitrogen and oxygen atoms in total. The maximum Gasteiger partial charge on any atom is 0.256 e. The number of nitrogens with zero attached hydrogens (tertiary/aromatic N) is 4. The van der Waals surface area contributed by atoms with E-state index >= 15 is 0 Å². The van der Waals surface area contributed by atoms with Gasteiger partial charge in [-0.1, -0.05) is 0 Å². The zero-order valence-corrected chi connectivity index (χ0v) is 17.6. The predicted molar refractivity (Wildman–Crippen MR) is 120 cm³/mol. The summed E-state index contributed by atoms with van der Waals surface area (Å²) in [6, 6.07) is 7.15. The molecule has 31 heavy (non-hydrogen) atoms. The Morgan fingerprint density at radius 3 is 2.65 bits per heavy atom. The first-order chi connectivity index (χ1) is 15.0. The van der Waals surface area contributed by atoms with Crippen LogP contribution in [0.4, 0.5) is 11.4 Å². The van der Waals surface area contributed by atoms with E-state index in [0.29, 0.717) is 29.3 Å². The fourth-order valence-electron chi connectivity index (χ4n) is 4.29. The van der Waals surface area contributed by atoms with Crippen LogP contribution >= 0.6 is 0 Å². The van der Waals surface area contributed by atoms with Crippen molar-refractivity contribution in [2.75, 3.05) is 23.3 Å². The van der Waals surface area contributed by atoms with Gasteiger partial charge in [-0.2, -0.15) is 5.10 Å². The number of hydrogen-bond acceptors (Lipinski definition) is 5. The summed E-state index contributed by atoms with van der Waals surface area (Å²) in [5.41, 5.74) is 9.62. The third-order valence-electron chi connectivity index (χ3n) is 6.14. The molecule has 1 saturated heterocycles. The lowest BCUT2D eigenvalue weighted by atomic mass is 10.1. The summed E-state index contributed by atoms with van der Waals surface area (Å²) >= 11 is 0. The molecule has 0 unspecified atom stereocenters. The van der Waals surface area contributed by atoms with Crippen LogP contribution in [0.5, 0.6) is 0 Å². The molecule has 2 amide bonds. The van der Waals surface area contributed by atoms with Crippen molar-refractivity contribution in [1.29, 1.82) is 0 Å². The number of nitrogens with two attached hydrogens (primary N) is 1. The molecule has 3 N–H and O–H groups in total. The molecule has 1 aliphatic heterocycles. The number of rotatable bonds is 6. The van der Waals surface area contributed by atoms with Gasteiger partial charge in [0.1, 0.15) is 0 Å². The maximum atomic E-state index is 13.5. The third-order valence-corrected chi connectivity index (χ3v) is 6.14. The highest BCUT2D eigenvalue weighted by Gasteiger charge is 2.28. The number of nitrogens with one attached hydrogen (secondary N) is 1. The van der Waals surface area contributed by atoms with Crippen LogP contribution < -0.4 is 16.0 Å². The summed E-state index contributed by atoms with van der Waals surface area (Å²) in [6.07, 6.45) is 6.12. The second-order valence-corrected chi connectivity index (χ2v) is 8.31. The van der Waals surface area contributed by atoms with Gasteiger partial charge in [0.05, 0.1) is 28.5 Å². The molecule has 8 heteroatoms. The molecule has 2 aliphatic rings. The van der Waals surface area contributed by atoms with E-state index in [1.165, 1.54) is 0 Å². The van der Waals surface area contributed by atoms with Crippen LogP contribution in [-0.2, 0) is 6.54 Å². The molecule has 0 atom stereocenters. The summed E-state index contributed by atoms with van der Waals surface area (Å²) < 4.78 is 1.82. The smallest absolute Gasteiger partial charge is 0.256 e. The lowest BCUT2D eigenvalue weighted by Crippen LogP contribution is -2.22. The number of carbonyl (C=O) groups is 2. The maximum absolute atomic E-state index is 13.5. The van der Waals surface area contributed by atoms with E-state index in [0.717, 1.165) is 61.2 Å². The van der Waals surface area contributed by atoms with Gasteiger partial charge in [-0.05, 0) is 56.9 Å². The van der Waals surface area contributed by atoms with E-state index in [4.69, 9.17) is 10.7 Å². The Labute approximate surface area is 180 Å². The molecule has 1 saturated carbocycles. The number of fused-ring (bicyclic) bond motifs is 1. The van der Waals surface area contributed by atoms with E-state index in [9.17, 15) is 9.59 Å². The highest BCUT2D eigenvalue weighted by Crippen LogP contribution is 2.40. The van der Waals surface area contributed by atoms with Crippen LogP contribution in [0.25, 0.3) is 11.0 Å². The normalized spacial score (nSPS) is 16.1. The van der Waals surface area contributed by atoms with Crippen LogP contribution in [0.15, 0.2) is 30.5 Å². The largest absolute Gasteiger partial charge is 0.370 e. The molecule has 0 bridgehead atoms.